The van der Waals surface area contributed by atoms with Gasteiger partial charge in [-0.15, -0.1) is 0 Å². The molecule has 0 saturated carbocycles. The Morgan fingerprint density at radius 3 is 2.83 bits per heavy atom. The molecule has 1 aromatic carbocycles. The molecule has 3 aromatic rings. The lowest BCUT2D eigenvalue weighted by Crippen LogP contribution is -2.25. The molecule has 0 bridgehead atoms. The van der Waals surface area contributed by atoms with Gasteiger partial charge in [0.25, 0.3) is 0 Å². The van der Waals surface area contributed by atoms with Crippen molar-refractivity contribution in [1.29, 1.82) is 0 Å². The van der Waals surface area contributed by atoms with Crippen LogP contribution in [0.4, 0.5) is 0 Å². The van der Waals surface area contributed by atoms with E-state index in [0.29, 0.717) is 24.6 Å². The monoisotopic (exact) mass is 423 g/mol. The van der Waals surface area contributed by atoms with E-state index in [1.165, 1.54) is 11.8 Å². The lowest BCUT2D eigenvalue weighted by atomic mass is 9.96. The van der Waals surface area contributed by atoms with Crippen LogP contribution in [0.3, 0.4) is 0 Å². The summed E-state index contributed by atoms with van der Waals surface area (Å²) in [5, 5.41) is 14.2. The summed E-state index contributed by atoms with van der Waals surface area (Å²) >= 11 is 1.33. The van der Waals surface area contributed by atoms with E-state index in [9.17, 15) is 9.90 Å². The van der Waals surface area contributed by atoms with Gasteiger partial charge in [-0.1, -0.05) is 44.7 Å². The van der Waals surface area contributed by atoms with E-state index < -0.39 is 0 Å². The Balaban J connectivity index is 1.46. The zero-order valence-electron chi connectivity index (χ0n) is 17.3. The molecule has 0 fully saturated rings. The summed E-state index contributed by atoms with van der Waals surface area (Å²) in [4.78, 5) is 17.2. The molecule has 30 heavy (non-hydrogen) atoms. The second kappa shape index (κ2) is 8.24. The molecule has 3 heterocycles. The fraction of sp³-hybridized carbons (Fsp3) is 0.348. The third-order valence-electron chi connectivity index (χ3n) is 5.22. The van der Waals surface area contributed by atoms with E-state index in [0.717, 1.165) is 21.7 Å². The van der Waals surface area contributed by atoms with Crippen molar-refractivity contribution >= 4 is 16.9 Å². The molecule has 1 unspecified atom stereocenters. The molecular formula is C23H25N3O3S. The number of hydrogen-bond acceptors (Lipinski definition) is 6. The number of carbonyl (C=O) groups is 1. The number of aliphatic hydroxyl groups is 1. The van der Waals surface area contributed by atoms with Gasteiger partial charge in [-0.25, -0.2) is 9.67 Å². The van der Waals surface area contributed by atoms with Gasteiger partial charge in [0.05, 0.1) is 25.1 Å². The predicted molar refractivity (Wildman–Crippen MR) is 116 cm³/mol. The highest BCUT2D eigenvalue weighted by Gasteiger charge is 2.22. The molecule has 0 spiro atoms. The Bertz CT molecular complexity index is 1060. The summed E-state index contributed by atoms with van der Waals surface area (Å²) in [7, 11) is 0. The van der Waals surface area contributed by atoms with Crippen LogP contribution in [-0.2, 0) is 11.2 Å². The van der Waals surface area contributed by atoms with E-state index in [4.69, 9.17) is 9.84 Å². The second-order valence-corrected chi connectivity index (χ2v) is 9.49. The Morgan fingerprint density at radius 1 is 1.27 bits per heavy atom. The number of benzene rings is 1. The fourth-order valence-corrected chi connectivity index (χ4v) is 4.12. The quantitative estimate of drug-likeness (QED) is 0.619. The third kappa shape index (κ3) is 4.42. The lowest BCUT2D eigenvalue weighted by Gasteiger charge is -2.21. The van der Waals surface area contributed by atoms with Gasteiger partial charge in [-0.3, -0.25) is 4.79 Å². The molecule has 1 aliphatic rings. The summed E-state index contributed by atoms with van der Waals surface area (Å²) in [6.07, 6.45) is 4.09. The standard InChI is InChI=1S/C23H25N3O3S/c1-15(16-4-5-17-11-22(28)30-20(17)10-16)19-8-9-26(25-19)21-7-6-18(12-24-21)29-14-23(2,3)13-27/h4-10,12,15,27H,11,13-14H2,1-3H3. The average molecular weight is 424 g/mol. The van der Waals surface area contributed by atoms with Crippen molar-refractivity contribution in [2.75, 3.05) is 13.2 Å². The van der Waals surface area contributed by atoms with Crippen LogP contribution < -0.4 is 4.74 Å². The second-order valence-electron chi connectivity index (χ2n) is 8.39. The fourth-order valence-electron chi connectivity index (χ4n) is 3.18. The predicted octanol–water partition coefficient (Wildman–Crippen LogP) is 3.99. The van der Waals surface area contributed by atoms with E-state index in [-0.39, 0.29) is 23.1 Å². The summed E-state index contributed by atoms with van der Waals surface area (Å²) in [6, 6.07) is 11.9. The van der Waals surface area contributed by atoms with Gasteiger partial charge >= 0.3 is 0 Å². The zero-order chi connectivity index (χ0) is 21.3. The van der Waals surface area contributed by atoms with Crippen molar-refractivity contribution in [3.63, 3.8) is 0 Å². The average Bonchev–Trinajstić information content (AvgIpc) is 3.37. The first kappa shape index (κ1) is 20.6. The van der Waals surface area contributed by atoms with Crippen molar-refractivity contribution in [2.45, 2.75) is 38.0 Å². The van der Waals surface area contributed by atoms with Gasteiger partial charge in [0.1, 0.15) is 5.75 Å². The zero-order valence-corrected chi connectivity index (χ0v) is 18.1. The highest BCUT2D eigenvalue weighted by molar-refractivity contribution is 8.14. The van der Waals surface area contributed by atoms with Crippen molar-refractivity contribution in [1.82, 2.24) is 14.8 Å². The summed E-state index contributed by atoms with van der Waals surface area (Å²) in [5.41, 5.74) is 2.90. The highest BCUT2D eigenvalue weighted by atomic mass is 32.2. The van der Waals surface area contributed by atoms with Crippen molar-refractivity contribution in [3.05, 3.63) is 65.6 Å². The number of thioether (sulfide) groups is 1. The van der Waals surface area contributed by atoms with E-state index in [2.05, 4.69) is 30.1 Å². The smallest absolute Gasteiger partial charge is 0.198 e. The first-order valence-electron chi connectivity index (χ1n) is 9.94. The SMILES string of the molecule is CC(c1ccc2c(c1)SC(=O)C2)c1ccn(-c2ccc(OCC(C)(C)CO)cn2)n1. The van der Waals surface area contributed by atoms with Gasteiger partial charge in [-0.2, -0.15) is 5.10 Å². The number of pyridine rings is 1. The van der Waals surface area contributed by atoms with Gasteiger partial charge in [0, 0.05) is 28.8 Å². The van der Waals surface area contributed by atoms with Gasteiger partial charge in [0.2, 0.25) is 0 Å². The van der Waals surface area contributed by atoms with Crippen molar-refractivity contribution in [2.24, 2.45) is 5.41 Å². The maximum Gasteiger partial charge on any atom is 0.198 e. The highest BCUT2D eigenvalue weighted by Crippen LogP contribution is 2.35. The molecule has 0 aliphatic carbocycles. The number of ether oxygens (including phenoxy) is 1. The van der Waals surface area contributed by atoms with Gasteiger partial charge in [-0.05, 0) is 35.4 Å². The van der Waals surface area contributed by atoms with Crippen molar-refractivity contribution in [3.8, 4) is 11.6 Å². The Kier molecular flexibility index (Phi) is 5.66. The van der Waals surface area contributed by atoms with Crippen LogP contribution in [0.2, 0.25) is 0 Å². The number of nitrogens with zero attached hydrogens (tertiary/aromatic N) is 3. The molecule has 1 N–H and O–H groups in total. The molecule has 156 valence electrons. The molecule has 6 nitrogen and oxygen atoms in total. The molecule has 1 aliphatic heterocycles. The van der Waals surface area contributed by atoms with E-state index in [1.54, 1.807) is 10.9 Å². The maximum absolute atomic E-state index is 11.7. The summed E-state index contributed by atoms with van der Waals surface area (Å²) in [6.45, 7) is 6.48. The molecule has 0 radical (unpaired) electrons. The van der Waals surface area contributed by atoms with Crippen LogP contribution in [0.1, 0.15) is 43.5 Å². The molecule has 4 rings (SSSR count). The number of rotatable bonds is 7. The van der Waals surface area contributed by atoms with Gasteiger partial charge in [0.15, 0.2) is 10.9 Å². The molecule has 0 amide bonds. The molecule has 2 aromatic heterocycles. The summed E-state index contributed by atoms with van der Waals surface area (Å²) < 4.78 is 7.47. The largest absolute Gasteiger partial charge is 0.491 e. The number of fused-ring (bicyclic) bond motifs is 1. The number of hydrogen-bond donors (Lipinski definition) is 1. The minimum Gasteiger partial charge on any atom is -0.491 e. The number of carbonyl (C=O) groups excluding carboxylic acids is 1. The van der Waals surface area contributed by atoms with E-state index in [1.807, 2.05) is 38.2 Å². The molecule has 1 atom stereocenters. The van der Waals surface area contributed by atoms with Crippen LogP contribution in [-0.4, -0.2) is 38.2 Å². The first-order chi connectivity index (χ1) is 14.3. The number of aromatic nitrogens is 3. The molecule has 7 heteroatoms. The van der Waals surface area contributed by atoms with Crippen LogP contribution in [0.25, 0.3) is 5.82 Å². The lowest BCUT2D eigenvalue weighted by molar-refractivity contribution is -0.110. The normalized spacial score (nSPS) is 14.6. The van der Waals surface area contributed by atoms with Crippen LogP contribution in [0.5, 0.6) is 5.75 Å². The Labute approximate surface area is 180 Å². The van der Waals surface area contributed by atoms with Gasteiger partial charge < -0.3 is 9.84 Å². The van der Waals surface area contributed by atoms with Crippen molar-refractivity contribution < 1.29 is 14.6 Å². The molecular weight excluding hydrogens is 398 g/mol. The van der Waals surface area contributed by atoms with E-state index >= 15 is 0 Å². The Morgan fingerprint density at radius 2 is 2.10 bits per heavy atom. The minimum absolute atomic E-state index is 0.0615. The molecule has 0 saturated heterocycles. The summed E-state index contributed by atoms with van der Waals surface area (Å²) in [5.74, 6) is 1.47. The minimum atomic E-state index is -0.297. The first-order valence-corrected chi connectivity index (χ1v) is 10.8. The van der Waals surface area contributed by atoms with Crippen LogP contribution in [0.15, 0.2) is 53.7 Å². The van der Waals surface area contributed by atoms with Crippen LogP contribution >= 0.6 is 11.8 Å². The third-order valence-corrected chi connectivity index (χ3v) is 6.19. The topological polar surface area (TPSA) is 77.2 Å². The Hall–Kier alpha value is -2.64. The maximum atomic E-state index is 11.7. The number of aliphatic hydroxyl groups excluding tert-OH is 1. The van der Waals surface area contributed by atoms with Crippen LogP contribution in [0, 0.1) is 5.41 Å².